The van der Waals surface area contributed by atoms with Gasteiger partial charge in [0.15, 0.2) is 0 Å². The molecule has 0 fully saturated rings. The van der Waals surface area contributed by atoms with Gasteiger partial charge in [0.25, 0.3) is 23.6 Å². The summed E-state index contributed by atoms with van der Waals surface area (Å²) in [7, 11) is 0. The molecule has 0 atom stereocenters. The second-order valence-corrected chi connectivity index (χ2v) is 13.3. The molecule has 46 heavy (non-hydrogen) atoms. The van der Waals surface area contributed by atoms with E-state index in [1.165, 1.54) is 56.9 Å². The molecule has 2 heterocycles. The molecule has 0 aromatic heterocycles. The molecular weight excluding hydrogens is 572 g/mol. The van der Waals surface area contributed by atoms with Crippen molar-refractivity contribution in [3.8, 4) is 0 Å². The second kappa shape index (κ2) is 12.5. The summed E-state index contributed by atoms with van der Waals surface area (Å²) in [6.45, 7) is 4.45. The number of fused-ring (bicyclic) bond motifs is 2. The number of hydrogen-bond donors (Lipinski definition) is 2. The first kappa shape index (κ1) is 30.3. The van der Waals surface area contributed by atoms with Crippen molar-refractivity contribution in [2.24, 2.45) is 0 Å². The Kier molecular flexibility index (Phi) is 8.22. The summed E-state index contributed by atoms with van der Waals surface area (Å²) in [6.07, 6.45) is 15.5. The number of nitrogens with one attached hydrogen (secondary N) is 2. The number of imide groups is 2. The van der Waals surface area contributed by atoms with Crippen LogP contribution in [0, 0.1) is 0 Å². The summed E-state index contributed by atoms with van der Waals surface area (Å²) in [5, 5.41) is 12.4. The highest BCUT2D eigenvalue weighted by molar-refractivity contribution is 6.42. The van der Waals surface area contributed by atoms with E-state index in [4.69, 9.17) is 0 Å². The molecule has 4 amide bonds. The highest BCUT2D eigenvalue weighted by Gasteiger charge is 2.34. The molecule has 5 aromatic carbocycles. The lowest BCUT2D eigenvalue weighted by Gasteiger charge is -2.28. The highest BCUT2D eigenvalue weighted by Crippen LogP contribution is 2.48. The van der Waals surface area contributed by atoms with Crippen molar-refractivity contribution < 1.29 is 19.2 Å². The van der Waals surface area contributed by atoms with Gasteiger partial charge in [-0.05, 0) is 87.3 Å². The monoisotopic (exact) mass is 614 g/mol. The topological polar surface area (TPSA) is 92.3 Å². The molecule has 0 spiro atoms. The number of unbranched alkanes of at least 4 members (excludes halogenated alkanes) is 10. The van der Waals surface area contributed by atoms with Gasteiger partial charge in [-0.15, -0.1) is 0 Å². The molecule has 0 aliphatic carbocycles. The van der Waals surface area contributed by atoms with Crippen LogP contribution >= 0.6 is 0 Å². The third kappa shape index (κ3) is 4.85. The zero-order valence-corrected chi connectivity index (χ0v) is 27.0. The van der Waals surface area contributed by atoms with Crippen LogP contribution in [0.2, 0.25) is 0 Å². The minimum absolute atomic E-state index is 0.301. The van der Waals surface area contributed by atoms with Crippen molar-refractivity contribution >= 4 is 66.7 Å². The molecule has 5 aromatic rings. The smallest absolute Gasteiger partial charge is 0.259 e. The summed E-state index contributed by atoms with van der Waals surface area (Å²) in [6, 6.07) is 11.5. The van der Waals surface area contributed by atoms with Gasteiger partial charge in [-0.25, -0.2) is 0 Å². The summed E-state index contributed by atoms with van der Waals surface area (Å²) in [5.41, 5.74) is 4.45. The second-order valence-electron chi connectivity index (χ2n) is 13.3. The molecule has 0 radical (unpaired) electrons. The SMILES string of the molecule is CCCCCCCCc1c2c3c(ccc4c5ccc6c7c(ccc(c(c1CCCCCCCC)c34)c75)C(=O)NC6=O)C(=O)NC2=O. The van der Waals surface area contributed by atoms with E-state index in [9.17, 15) is 19.2 Å². The van der Waals surface area contributed by atoms with E-state index in [2.05, 4.69) is 24.5 Å². The molecule has 6 nitrogen and oxygen atoms in total. The predicted octanol–water partition coefficient (Wildman–Crippen LogP) is 9.31. The third-order valence-electron chi connectivity index (χ3n) is 10.4. The van der Waals surface area contributed by atoms with Gasteiger partial charge in [-0.3, -0.25) is 29.8 Å². The van der Waals surface area contributed by atoms with Crippen LogP contribution in [0.1, 0.15) is 143 Å². The fourth-order valence-corrected chi connectivity index (χ4v) is 8.18. The summed E-state index contributed by atoms with van der Waals surface area (Å²) >= 11 is 0. The predicted molar refractivity (Wildman–Crippen MR) is 185 cm³/mol. The first-order chi connectivity index (χ1) is 22.5. The maximum absolute atomic E-state index is 13.8. The van der Waals surface area contributed by atoms with E-state index >= 15 is 0 Å². The van der Waals surface area contributed by atoms with Gasteiger partial charge in [0.05, 0.1) is 5.56 Å². The van der Waals surface area contributed by atoms with Crippen LogP contribution in [0.4, 0.5) is 0 Å². The van der Waals surface area contributed by atoms with Crippen LogP contribution in [0.25, 0.3) is 43.1 Å². The summed E-state index contributed by atoms with van der Waals surface area (Å²) in [5.74, 6) is -1.42. The molecular formula is C40H42N2O4. The van der Waals surface area contributed by atoms with Gasteiger partial charge in [0.1, 0.15) is 0 Å². The van der Waals surface area contributed by atoms with Crippen molar-refractivity contribution in [2.45, 2.75) is 104 Å². The van der Waals surface area contributed by atoms with Gasteiger partial charge >= 0.3 is 0 Å². The highest BCUT2D eigenvalue weighted by atomic mass is 16.2. The van der Waals surface area contributed by atoms with E-state index in [-0.39, 0.29) is 23.6 Å². The minimum Gasteiger partial charge on any atom is -0.288 e. The van der Waals surface area contributed by atoms with E-state index in [1.54, 1.807) is 6.07 Å². The molecule has 0 bridgehead atoms. The van der Waals surface area contributed by atoms with Crippen molar-refractivity contribution in [2.75, 3.05) is 0 Å². The Morgan fingerprint density at radius 2 is 0.870 bits per heavy atom. The number of amides is 4. The first-order valence-corrected chi connectivity index (χ1v) is 17.4. The Balaban J connectivity index is 1.53. The van der Waals surface area contributed by atoms with Crippen LogP contribution < -0.4 is 10.6 Å². The van der Waals surface area contributed by atoms with Crippen molar-refractivity contribution in [3.63, 3.8) is 0 Å². The Bertz CT molecular complexity index is 2040. The van der Waals surface area contributed by atoms with Crippen LogP contribution in [0.3, 0.4) is 0 Å². The Hall–Kier alpha value is -4.32. The quantitative estimate of drug-likeness (QED) is 0.0564. The van der Waals surface area contributed by atoms with Gasteiger partial charge in [-0.1, -0.05) is 96.3 Å². The lowest BCUT2D eigenvalue weighted by Crippen LogP contribution is -2.36. The van der Waals surface area contributed by atoms with E-state index in [0.29, 0.717) is 27.6 Å². The largest absolute Gasteiger partial charge is 0.288 e. The Morgan fingerprint density at radius 3 is 1.46 bits per heavy atom. The molecule has 2 N–H and O–H groups in total. The number of benzene rings is 5. The average molecular weight is 615 g/mol. The van der Waals surface area contributed by atoms with Gasteiger partial charge in [0.2, 0.25) is 0 Å². The molecule has 7 rings (SSSR count). The summed E-state index contributed by atoms with van der Waals surface area (Å²) in [4.78, 5) is 53.2. The van der Waals surface area contributed by atoms with Crippen LogP contribution in [-0.4, -0.2) is 23.6 Å². The standard InChI is InChI=1S/C40H42N2O4/c1-3-5-7-9-11-13-15-23-24(16-14-12-10-8-6-4-2)36-35-30(39(45)42-40(36)46)21-18-26-25-17-20-28-33-29(38(44)41-37(28)43)22-19-27(31(25)33)32(23)34(26)35/h17-22H,3-16H2,1-2H3,(H,41,43,44)(H,42,45,46). The lowest BCUT2D eigenvalue weighted by molar-refractivity contribution is 0.0828. The fourth-order valence-electron chi connectivity index (χ4n) is 8.18. The Morgan fingerprint density at radius 1 is 0.413 bits per heavy atom. The Labute approximate surface area is 269 Å². The van der Waals surface area contributed by atoms with Crippen molar-refractivity contribution in [3.05, 3.63) is 69.8 Å². The molecule has 2 aliphatic rings. The molecule has 0 saturated carbocycles. The molecule has 0 unspecified atom stereocenters. The van der Waals surface area contributed by atoms with E-state index in [1.807, 2.05) is 30.3 Å². The van der Waals surface area contributed by atoms with E-state index < -0.39 is 0 Å². The minimum atomic E-state index is -0.379. The molecule has 6 heteroatoms. The third-order valence-corrected chi connectivity index (χ3v) is 10.4. The van der Waals surface area contributed by atoms with Gasteiger partial charge in [-0.2, -0.15) is 0 Å². The zero-order chi connectivity index (χ0) is 31.9. The van der Waals surface area contributed by atoms with Crippen LogP contribution in [-0.2, 0) is 12.8 Å². The first-order valence-electron chi connectivity index (χ1n) is 17.4. The van der Waals surface area contributed by atoms with Gasteiger partial charge in [0, 0.05) is 27.5 Å². The zero-order valence-electron chi connectivity index (χ0n) is 27.0. The number of carbonyl (C=O) groups is 4. The number of aryl methyl sites for hydroxylation is 1. The molecule has 0 saturated heterocycles. The van der Waals surface area contributed by atoms with Crippen molar-refractivity contribution in [1.82, 2.24) is 10.6 Å². The number of rotatable bonds is 14. The maximum Gasteiger partial charge on any atom is 0.259 e. The van der Waals surface area contributed by atoms with Crippen molar-refractivity contribution in [1.29, 1.82) is 0 Å². The number of carbonyl (C=O) groups excluding carboxylic acids is 4. The molecule has 2 aliphatic heterocycles. The normalized spacial score (nSPS) is 14.3. The number of hydrogen-bond acceptors (Lipinski definition) is 4. The average Bonchev–Trinajstić information content (AvgIpc) is 3.05. The maximum atomic E-state index is 13.8. The molecule has 236 valence electrons. The fraction of sp³-hybridized carbons (Fsp3) is 0.400. The van der Waals surface area contributed by atoms with Crippen LogP contribution in [0.5, 0.6) is 0 Å². The summed E-state index contributed by atoms with van der Waals surface area (Å²) < 4.78 is 0. The van der Waals surface area contributed by atoms with Crippen LogP contribution in [0.15, 0.2) is 36.4 Å². The van der Waals surface area contributed by atoms with E-state index in [0.717, 1.165) is 81.8 Å². The lowest BCUT2D eigenvalue weighted by atomic mass is 9.77. The van der Waals surface area contributed by atoms with Gasteiger partial charge < -0.3 is 0 Å².